The Labute approximate surface area is 96.1 Å². The van der Waals surface area contributed by atoms with Gasteiger partial charge in [0.2, 0.25) is 0 Å². The molecular formula is C12H20N2S. The maximum atomic E-state index is 4.49. The largest absolute Gasteiger partial charge is 0.308 e. The maximum Gasteiger partial charge on any atom is 0.113 e. The van der Waals surface area contributed by atoms with Crippen LogP contribution < -0.4 is 5.32 Å². The van der Waals surface area contributed by atoms with E-state index in [-0.39, 0.29) is 5.54 Å². The summed E-state index contributed by atoms with van der Waals surface area (Å²) in [6.45, 7) is 2.31. The lowest BCUT2D eigenvalue weighted by atomic mass is 9.76. The molecule has 0 saturated heterocycles. The van der Waals surface area contributed by atoms with Gasteiger partial charge in [0.15, 0.2) is 0 Å². The van der Waals surface area contributed by atoms with Gasteiger partial charge in [0, 0.05) is 11.6 Å². The molecule has 0 spiro atoms. The van der Waals surface area contributed by atoms with Crippen LogP contribution in [-0.4, -0.2) is 12.0 Å². The van der Waals surface area contributed by atoms with Crippen LogP contribution in [0.5, 0.6) is 0 Å². The van der Waals surface area contributed by atoms with E-state index in [1.54, 1.807) is 11.3 Å². The average molecular weight is 224 g/mol. The lowest BCUT2D eigenvalue weighted by Crippen LogP contribution is -2.44. The van der Waals surface area contributed by atoms with Crippen molar-refractivity contribution in [2.75, 3.05) is 7.05 Å². The van der Waals surface area contributed by atoms with Crippen molar-refractivity contribution in [2.24, 2.45) is 5.92 Å². The van der Waals surface area contributed by atoms with Crippen molar-refractivity contribution in [3.63, 3.8) is 0 Å². The molecule has 0 aliphatic heterocycles. The highest BCUT2D eigenvalue weighted by atomic mass is 32.1. The first-order valence-electron chi connectivity index (χ1n) is 5.86. The molecule has 1 unspecified atom stereocenters. The van der Waals surface area contributed by atoms with Crippen LogP contribution in [0.2, 0.25) is 0 Å². The Bertz CT molecular complexity index is 291. The Kier molecular flexibility index (Phi) is 3.42. The van der Waals surface area contributed by atoms with E-state index in [4.69, 9.17) is 0 Å². The van der Waals surface area contributed by atoms with Crippen LogP contribution in [0.15, 0.2) is 11.6 Å². The Hall–Kier alpha value is -0.410. The third kappa shape index (κ3) is 2.08. The number of aromatic nitrogens is 1. The first-order chi connectivity index (χ1) is 7.27. The van der Waals surface area contributed by atoms with Gasteiger partial charge in [-0.25, -0.2) is 4.98 Å². The van der Waals surface area contributed by atoms with Crippen molar-refractivity contribution in [3.8, 4) is 0 Å². The molecule has 1 aliphatic rings. The second kappa shape index (κ2) is 4.62. The molecule has 2 rings (SSSR count). The molecule has 1 aliphatic carbocycles. The number of rotatable bonds is 3. The Morgan fingerprint density at radius 3 is 2.67 bits per heavy atom. The summed E-state index contributed by atoms with van der Waals surface area (Å²) in [6, 6.07) is 0. The van der Waals surface area contributed by atoms with Gasteiger partial charge in [0.1, 0.15) is 5.01 Å². The zero-order valence-corrected chi connectivity index (χ0v) is 10.4. The molecule has 1 atom stereocenters. The zero-order valence-electron chi connectivity index (χ0n) is 9.62. The van der Waals surface area contributed by atoms with Crippen LogP contribution in [0.1, 0.15) is 44.0 Å². The first-order valence-corrected chi connectivity index (χ1v) is 6.74. The fourth-order valence-corrected chi connectivity index (χ4v) is 3.53. The van der Waals surface area contributed by atoms with Crippen molar-refractivity contribution >= 4 is 11.3 Å². The third-order valence-electron chi connectivity index (χ3n) is 3.82. The molecule has 1 aromatic heterocycles. The standard InChI is InChI=1S/C12H20N2S/c1-12(13-2,11-14-8-9-15-11)10-6-4-3-5-7-10/h8-10,13H,3-7H2,1-2H3. The van der Waals surface area contributed by atoms with Crippen molar-refractivity contribution in [3.05, 3.63) is 16.6 Å². The fourth-order valence-electron chi connectivity index (χ4n) is 2.65. The van der Waals surface area contributed by atoms with Crippen LogP contribution in [0.3, 0.4) is 0 Å². The summed E-state index contributed by atoms with van der Waals surface area (Å²) in [5.74, 6) is 0.752. The van der Waals surface area contributed by atoms with Crippen LogP contribution in [0.4, 0.5) is 0 Å². The summed E-state index contributed by atoms with van der Waals surface area (Å²) >= 11 is 1.77. The van der Waals surface area contributed by atoms with Gasteiger partial charge >= 0.3 is 0 Å². The smallest absolute Gasteiger partial charge is 0.113 e. The van der Waals surface area contributed by atoms with Crippen LogP contribution in [-0.2, 0) is 5.54 Å². The van der Waals surface area contributed by atoms with Gasteiger partial charge in [0.25, 0.3) is 0 Å². The first kappa shape index (κ1) is 11.1. The molecule has 84 valence electrons. The molecular weight excluding hydrogens is 204 g/mol. The summed E-state index contributed by atoms with van der Waals surface area (Å²) in [5, 5.41) is 6.82. The van der Waals surface area contributed by atoms with E-state index in [1.165, 1.54) is 37.1 Å². The molecule has 3 heteroatoms. The molecule has 1 aromatic rings. The van der Waals surface area contributed by atoms with Gasteiger partial charge in [-0.2, -0.15) is 0 Å². The quantitative estimate of drug-likeness (QED) is 0.853. The molecule has 0 aromatic carbocycles. The van der Waals surface area contributed by atoms with Crippen molar-refractivity contribution in [1.82, 2.24) is 10.3 Å². The van der Waals surface area contributed by atoms with E-state index in [1.807, 2.05) is 6.20 Å². The summed E-state index contributed by atoms with van der Waals surface area (Å²) in [7, 11) is 2.07. The number of nitrogens with one attached hydrogen (secondary N) is 1. The predicted molar refractivity (Wildman–Crippen MR) is 65.1 cm³/mol. The second-order valence-corrected chi connectivity index (χ2v) is 5.52. The number of hydrogen-bond acceptors (Lipinski definition) is 3. The molecule has 15 heavy (non-hydrogen) atoms. The zero-order chi connectivity index (χ0) is 10.7. The van der Waals surface area contributed by atoms with Crippen molar-refractivity contribution in [2.45, 2.75) is 44.6 Å². The molecule has 2 nitrogen and oxygen atoms in total. The SMILES string of the molecule is CNC(C)(c1nccs1)C1CCCCC1. The molecule has 1 N–H and O–H groups in total. The Morgan fingerprint density at radius 2 is 2.13 bits per heavy atom. The Balaban J connectivity index is 2.20. The summed E-state index contributed by atoms with van der Waals surface area (Å²) in [4.78, 5) is 4.49. The highest BCUT2D eigenvalue weighted by molar-refractivity contribution is 7.09. The van der Waals surface area contributed by atoms with Gasteiger partial charge in [-0.05, 0) is 32.7 Å². The van der Waals surface area contributed by atoms with Gasteiger partial charge in [-0.3, -0.25) is 0 Å². The van der Waals surface area contributed by atoms with Crippen LogP contribution >= 0.6 is 11.3 Å². The normalized spacial score (nSPS) is 22.5. The average Bonchev–Trinajstić information content (AvgIpc) is 2.83. The highest BCUT2D eigenvalue weighted by Crippen LogP contribution is 2.39. The summed E-state index contributed by atoms with van der Waals surface area (Å²) in [5.41, 5.74) is 0.0919. The molecule has 0 bridgehead atoms. The van der Waals surface area contributed by atoms with Gasteiger partial charge in [0.05, 0.1) is 5.54 Å². The van der Waals surface area contributed by atoms with E-state index in [2.05, 4.69) is 29.7 Å². The minimum atomic E-state index is 0.0919. The minimum absolute atomic E-state index is 0.0919. The van der Waals surface area contributed by atoms with Crippen LogP contribution in [0, 0.1) is 5.92 Å². The van der Waals surface area contributed by atoms with Gasteiger partial charge in [-0.15, -0.1) is 11.3 Å². The summed E-state index contributed by atoms with van der Waals surface area (Å²) < 4.78 is 0. The molecule has 1 heterocycles. The van der Waals surface area contributed by atoms with Gasteiger partial charge < -0.3 is 5.32 Å². The number of thiazole rings is 1. The highest BCUT2D eigenvalue weighted by Gasteiger charge is 2.36. The lowest BCUT2D eigenvalue weighted by molar-refractivity contribution is 0.188. The maximum absolute atomic E-state index is 4.49. The Morgan fingerprint density at radius 1 is 1.40 bits per heavy atom. The van der Waals surface area contributed by atoms with E-state index in [9.17, 15) is 0 Å². The van der Waals surface area contributed by atoms with E-state index < -0.39 is 0 Å². The second-order valence-electron chi connectivity index (χ2n) is 4.62. The van der Waals surface area contributed by atoms with Gasteiger partial charge in [-0.1, -0.05) is 19.3 Å². The van der Waals surface area contributed by atoms with E-state index in [0.29, 0.717) is 0 Å². The topological polar surface area (TPSA) is 24.9 Å². The predicted octanol–water partition coefficient (Wildman–Crippen LogP) is 3.16. The molecule has 1 saturated carbocycles. The summed E-state index contributed by atoms with van der Waals surface area (Å²) in [6.07, 6.45) is 8.78. The van der Waals surface area contributed by atoms with Crippen molar-refractivity contribution in [1.29, 1.82) is 0 Å². The van der Waals surface area contributed by atoms with E-state index in [0.717, 1.165) is 5.92 Å². The third-order valence-corrected chi connectivity index (χ3v) is 4.83. The molecule has 1 fully saturated rings. The monoisotopic (exact) mass is 224 g/mol. The lowest BCUT2D eigenvalue weighted by Gasteiger charge is -2.38. The van der Waals surface area contributed by atoms with E-state index >= 15 is 0 Å². The number of hydrogen-bond donors (Lipinski definition) is 1. The van der Waals surface area contributed by atoms with Crippen molar-refractivity contribution < 1.29 is 0 Å². The fraction of sp³-hybridized carbons (Fsp3) is 0.750. The number of nitrogens with zero attached hydrogens (tertiary/aromatic N) is 1. The minimum Gasteiger partial charge on any atom is -0.308 e. The molecule has 0 amide bonds. The van der Waals surface area contributed by atoms with Crippen LogP contribution in [0.25, 0.3) is 0 Å². The molecule has 0 radical (unpaired) electrons.